The number of aromatic nitrogens is 1. The topological polar surface area (TPSA) is 109 Å². The van der Waals surface area contributed by atoms with E-state index in [0.29, 0.717) is 0 Å². The highest BCUT2D eigenvalue weighted by molar-refractivity contribution is 7.92. The SMILES string of the molecule is N=C(N)c1cc(F)ccc1NS(=O)(=O)c1cccnc1. The van der Waals surface area contributed by atoms with Gasteiger partial charge in [-0.3, -0.25) is 15.1 Å². The minimum atomic E-state index is -3.87. The first-order valence-electron chi connectivity index (χ1n) is 5.47. The molecule has 0 spiro atoms. The zero-order valence-electron chi connectivity index (χ0n) is 10.2. The summed E-state index contributed by atoms with van der Waals surface area (Å²) >= 11 is 0. The van der Waals surface area contributed by atoms with Gasteiger partial charge in [-0.2, -0.15) is 0 Å². The smallest absolute Gasteiger partial charge is 0.263 e. The van der Waals surface area contributed by atoms with Crippen LogP contribution in [-0.4, -0.2) is 19.2 Å². The Morgan fingerprint density at radius 3 is 2.70 bits per heavy atom. The average molecular weight is 294 g/mol. The molecule has 1 aromatic carbocycles. The van der Waals surface area contributed by atoms with Crippen LogP contribution < -0.4 is 10.5 Å². The van der Waals surface area contributed by atoms with Crippen molar-refractivity contribution in [1.29, 1.82) is 5.41 Å². The van der Waals surface area contributed by atoms with Crippen molar-refractivity contribution in [2.75, 3.05) is 4.72 Å². The molecule has 0 radical (unpaired) electrons. The first kappa shape index (κ1) is 13.9. The number of amidine groups is 1. The third-order valence-corrected chi connectivity index (χ3v) is 3.81. The zero-order valence-corrected chi connectivity index (χ0v) is 11.0. The van der Waals surface area contributed by atoms with Gasteiger partial charge in [0.1, 0.15) is 16.5 Å². The lowest BCUT2D eigenvalue weighted by atomic mass is 10.1. The Kier molecular flexibility index (Phi) is 3.66. The van der Waals surface area contributed by atoms with Gasteiger partial charge in [0.05, 0.1) is 5.69 Å². The Morgan fingerprint density at radius 1 is 1.35 bits per heavy atom. The minimum absolute atomic E-state index is 0.0301. The molecule has 2 rings (SSSR count). The quantitative estimate of drug-likeness (QED) is 0.583. The second-order valence-corrected chi connectivity index (χ2v) is 5.58. The summed E-state index contributed by atoms with van der Waals surface area (Å²) in [4.78, 5) is 3.68. The number of nitrogens with one attached hydrogen (secondary N) is 2. The van der Waals surface area contributed by atoms with Crippen molar-refractivity contribution in [3.63, 3.8) is 0 Å². The maximum absolute atomic E-state index is 13.1. The average Bonchev–Trinajstić information content (AvgIpc) is 2.41. The fraction of sp³-hybridized carbons (Fsp3) is 0. The van der Waals surface area contributed by atoms with Crippen molar-refractivity contribution in [2.24, 2.45) is 5.73 Å². The van der Waals surface area contributed by atoms with Crippen LogP contribution in [0.3, 0.4) is 0 Å². The number of hydrogen-bond acceptors (Lipinski definition) is 4. The monoisotopic (exact) mass is 294 g/mol. The summed E-state index contributed by atoms with van der Waals surface area (Å²) in [6.45, 7) is 0. The summed E-state index contributed by atoms with van der Waals surface area (Å²) in [5.41, 5.74) is 5.31. The molecule has 0 aliphatic carbocycles. The van der Waals surface area contributed by atoms with Crippen molar-refractivity contribution in [3.8, 4) is 0 Å². The summed E-state index contributed by atoms with van der Waals surface area (Å²) in [6, 6.07) is 6.12. The Hall–Kier alpha value is -2.48. The Balaban J connectivity index is 2.43. The standard InChI is InChI=1S/C12H11FN4O2S/c13-8-3-4-11(10(6-8)12(14)15)17-20(18,19)9-2-1-5-16-7-9/h1-7,17H,(H3,14,15). The molecule has 0 saturated heterocycles. The van der Waals surface area contributed by atoms with Crippen LogP contribution in [-0.2, 0) is 10.0 Å². The van der Waals surface area contributed by atoms with E-state index >= 15 is 0 Å². The molecule has 104 valence electrons. The van der Waals surface area contributed by atoms with Crippen molar-refractivity contribution in [1.82, 2.24) is 4.98 Å². The zero-order chi connectivity index (χ0) is 14.8. The highest BCUT2D eigenvalue weighted by atomic mass is 32.2. The number of halogens is 1. The highest BCUT2D eigenvalue weighted by Gasteiger charge is 2.17. The van der Waals surface area contributed by atoms with E-state index in [1.54, 1.807) is 0 Å². The normalized spacial score (nSPS) is 11.1. The second kappa shape index (κ2) is 5.25. The number of hydrogen-bond donors (Lipinski definition) is 3. The molecule has 0 aliphatic rings. The molecule has 6 nitrogen and oxygen atoms in total. The van der Waals surface area contributed by atoms with Crippen LogP contribution >= 0.6 is 0 Å². The molecule has 2 aromatic rings. The number of nitrogens with two attached hydrogens (primary N) is 1. The number of benzene rings is 1. The molecule has 0 saturated carbocycles. The molecular weight excluding hydrogens is 283 g/mol. The predicted octanol–water partition coefficient (Wildman–Crippen LogP) is 1.31. The summed E-state index contributed by atoms with van der Waals surface area (Å²) in [5.74, 6) is -1.05. The predicted molar refractivity (Wildman–Crippen MR) is 72.5 cm³/mol. The number of pyridine rings is 1. The second-order valence-electron chi connectivity index (χ2n) is 3.90. The van der Waals surface area contributed by atoms with Crippen LogP contribution in [0.1, 0.15) is 5.56 Å². The molecule has 8 heteroatoms. The van der Waals surface area contributed by atoms with Crippen LogP contribution in [0.15, 0.2) is 47.6 Å². The molecule has 20 heavy (non-hydrogen) atoms. The van der Waals surface area contributed by atoms with Crippen LogP contribution in [0.4, 0.5) is 10.1 Å². The molecular formula is C12H11FN4O2S. The number of nitrogens with zero attached hydrogens (tertiary/aromatic N) is 1. The molecule has 1 heterocycles. The Morgan fingerprint density at radius 2 is 2.10 bits per heavy atom. The minimum Gasteiger partial charge on any atom is -0.384 e. The van der Waals surface area contributed by atoms with E-state index in [4.69, 9.17) is 11.1 Å². The fourth-order valence-electron chi connectivity index (χ4n) is 1.54. The van der Waals surface area contributed by atoms with Gasteiger partial charge in [-0.15, -0.1) is 0 Å². The molecule has 0 atom stereocenters. The van der Waals surface area contributed by atoms with Gasteiger partial charge in [-0.25, -0.2) is 12.8 Å². The van der Waals surface area contributed by atoms with Crippen LogP contribution in [0.2, 0.25) is 0 Å². The molecule has 0 amide bonds. The van der Waals surface area contributed by atoms with Crippen LogP contribution in [0.25, 0.3) is 0 Å². The van der Waals surface area contributed by atoms with Crippen LogP contribution in [0.5, 0.6) is 0 Å². The number of nitrogen functional groups attached to an aromatic ring is 1. The van der Waals surface area contributed by atoms with Gasteiger partial charge >= 0.3 is 0 Å². The van der Waals surface area contributed by atoms with E-state index in [2.05, 4.69) is 9.71 Å². The third-order valence-electron chi connectivity index (χ3n) is 2.46. The summed E-state index contributed by atoms with van der Waals surface area (Å²) in [7, 11) is -3.87. The fourth-order valence-corrected chi connectivity index (χ4v) is 2.58. The van der Waals surface area contributed by atoms with Gasteiger partial charge in [-0.1, -0.05) is 0 Å². The van der Waals surface area contributed by atoms with E-state index in [0.717, 1.165) is 12.1 Å². The third kappa shape index (κ3) is 2.91. The molecule has 0 fully saturated rings. The van der Waals surface area contributed by atoms with Gasteiger partial charge in [0.15, 0.2) is 0 Å². The van der Waals surface area contributed by atoms with Gasteiger partial charge in [0, 0.05) is 18.0 Å². The van der Waals surface area contributed by atoms with Gasteiger partial charge in [-0.05, 0) is 30.3 Å². The van der Waals surface area contributed by atoms with E-state index in [1.165, 1.54) is 30.6 Å². The Labute approximate surface area is 115 Å². The van der Waals surface area contributed by atoms with Gasteiger partial charge in [0.2, 0.25) is 0 Å². The lowest BCUT2D eigenvalue weighted by Crippen LogP contribution is -2.19. The molecule has 0 bridgehead atoms. The van der Waals surface area contributed by atoms with Gasteiger partial charge in [0.25, 0.3) is 10.0 Å². The maximum atomic E-state index is 13.1. The maximum Gasteiger partial charge on any atom is 0.263 e. The summed E-state index contributed by atoms with van der Waals surface area (Å²) in [5, 5.41) is 7.35. The van der Waals surface area contributed by atoms with E-state index in [-0.39, 0.29) is 16.1 Å². The number of anilines is 1. The van der Waals surface area contributed by atoms with Crippen molar-refractivity contribution in [2.45, 2.75) is 4.90 Å². The van der Waals surface area contributed by atoms with E-state index in [1.807, 2.05) is 0 Å². The lowest BCUT2D eigenvalue weighted by Gasteiger charge is -2.11. The number of sulfonamides is 1. The number of rotatable bonds is 4. The molecule has 4 N–H and O–H groups in total. The van der Waals surface area contributed by atoms with Gasteiger partial charge < -0.3 is 5.73 Å². The first-order chi connectivity index (χ1) is 9.40. The van der Waals surface area contributed by atoms with Crippen molar-refractivity contribution >= 4 is 21.5 Å². The molecule has 0 aliphatic heterocycles. The van der Waals surface area contributed by atoms with Crippen LogP contribution in [0, 0.1) is 11.2 Å². The van der Waals surface area contributed by atoms with E-state index in [9.17, 15) is 12.8 Å². The molecule has 1 aromatic heterocycles. The summed E-state index contributed by atoms with van der Waals surface area (Å²) in [6.07, 6.45) is 2.62. The first-order valence-corrected chi connectivity index (χ1v) is 6.95. The van der Waals surface area contributed by atoms with Crippen molar-refractivity contribution in [3.05, 3.63) is 54.1 Å². The lowest BCUT2D eigenvalue weighted by molar-refractivity contribution is 0.600. The Bertz CT molecular complexity index is 747. The van der Waals surface area contributed by atoms with Crippen molar-refractivity contribution < 1.29 is 12.8 Å². The van der Waals surface area contributed by atoms with E-state index < -0.39 is 21.7 Å². The largest absolute Gasteiger partial charge is 0.384 e. The highest BCUT2D eigenvalue weighted by Crippen LogP contribution is 2.20. The molecule has 0 unspecified atom stereocenters. The summed E-state index contributed by atoms with van der Waals surface area (Å²) < 4.78 is 39.6.